The van der Waals surface area contributed by atoms with Crippen molar-refractivity contribution in [1.29, 1.82) is 0 Å². The fraction of sp³-hybridized carbons (Fsp3) is 0.292. The van der Waals surface area contributed by atoms with Crippen LogP contribution in [0.25, 0.3) is 0 Å². The van der Waals surface area contributed by atoms with Crippen molar-refractivity contribution in [3.05, 3.63) is 74.9 Å². The van der Waals surface area contributed by atoms with Crippen molar-refractivity contribution in [1.82, 2.24) is 9.78 Å². The highest BCUT2D eigenvalue weighted by Crippen LogP contribution is 2.33. The number of aromatic nitrogens is 2. The van der Waals surface area contributed by atoms with Gasteiger partial charge in [-0.15, -0.1) is 0 Å². The van der Waals surface area contributed by atoms with Gasteiger partial charge in [0.1, 0.15) is 5.56 Å². The number of hydrogen-bond acceptors (Lipinski definition) is 6. The number of ether oxygens (including phenoxy) is 1. The first-order chi connectivity index (χ1) is 15.5. The van der Waals surface area contributed by atoms with Crippen LogP contribution in [0.1, 0.15) is 49.9 Å². The highest BCUT2D eigenvalue weighted by atomic mass is 35.5. The molecular formula is C24H25ClN2O5S. The number of halogens is 1. The van der Waals surface area contributed by atoms with Gasteiger partial charge in [-0.2, -0.15) is 5.10 Å². The van der Waals surface area contributed by atoms with E-state index in [0.717, 1.165) is 5.56 Å². The molecule has 0 saturated carbocycles. The Kier molecular flexibility index (Phi) is 7.09. The smallest absolute Gasteiger partial charge is 0.223 e. The summed E-state index contributed by atoms with van der Waals surface area (Å²) in [5, 5.41) is 4.15. The summed E-state index contributed by atoms with van der Waals surface area (Å²) in [5.74, 6) is -0.670. The molecular weight excluding hydrogens is 464 g/mol. The molecule has 0 radical (unpaired) electrons. The SMILES string of the molecule is CCS(=O)(=O)c1c(C)cc(C(=O)c2cnn(C)c2OCC(=O)c2ccc(C)cc2)c(Cl)c1C. The van der Waals surface area contributed by atoms with Gasteiger partial charge in [0.05, 0.1) is 21.9 Å². The molecule has 0 amide bonds. The third-order valence-electron chi connectivity index (χ3n) is 5.40. The van der Waals surface area contributed by atoms with Gasteiger partial charge in [0.2, 0.25) is 11.7 Å². The first-order valence-corrected chi connectivity index (χ1v) is 12.3. The second-order valence-corrected chi connectivity index (χ2v) is 10.4. The Bertz CT molecular complexity index is 1340. The van der Waals surface area contributed by atoms with Gasteiger partial charge in [-0.25, -0.2) is 13.1 Å². The van der Waals surface area contributed by atoms with Crippen molar-refractivity contribution in [2.45, 2.75) is 32.6 Å². The van der Waals surface area contributed by atoms with E-state index in [-0.39, 0.29) is 45.1 Å². The Morgan fingerprint density at radius 2 is 1.73 bits per heavy atom. The molecule has 0 aliphatic heterocycles. The van der Waals surface area contributed by atoms with Crippen LogP contribution in [0.5, 0.6) is 5.88 Å². The van der Waals surface area contributed by atoms with Gasteiger partial charge in [0, 0.05) is 18.2 Å². The molecule has 0 fully saturated rings. The number of Topliss-reactive ketones (excluding diaryl/α,β-unsaturated/α-hetero) is 1. The molecule has 0 aliphatic rings. The zero-order valence-electron chi connectivity index (χ0n) is 19.1. The summed E-state index contributed by atoms with van der Waals surface area (Å²) in [6, 6.07) is 8.57. The zero-order chi connectivity index (χ0) is 24.5. The summed E-state index contributed by atoms with van der Waals surface area (Å²) in [5.41, 5.74) is 2.56. The van der Waals surface area contributed by atoms with Crippen molar-refractivity contribution in [2.75, 3.05) is 12.4 Å². The monoisotopic (exact) mass is 488 g/mol. The number of benzene rings is 2. The maximum absolute atomic E-state index is 13.3. The number of nitrogens with zero attached hydrogens (tertiary/aromatic N) is 2. The fourth-order valence-corrected chi connectivity index (χ4v) is 5.28. The zero-order valence-corrected chi connectivity index (χ0v) is 20.7. The molecule has 0 unspecified atom stereocenters. The van der Waals surface area contributed by atoms with Crippen LogP contribution in [-0.2, 0) is 16.9 Å². The van der Waals surface area contributed by atoms with Gasteiger partial charge in [-0.1, -0.05) is 48.4 Å². The Hall–Kier alpha value is -2.97. The maximum Gasteiger partial charge on any atom is 0.223 e. The average Bonchev–Trinajstić information content (AvgIpc) is 3.14. The Morgan fingerprint density at radius 3 is 2.33 bits per heavy atom. The van der Waals surface area contributed by atoms with E-state index in [0.29, 0.717) is 16.7 Å². The van der Waals surface area contributed by atoms with Gasteiger partial charge >= 0.3 is 0 Å². The van der Waals surface area contributed by atoms with Gasteiger partial charge in [0.15, 0.2) is 22.2 Å². The van der Waals surface area contributed by atoms with Crippen LogP contribution in [-0.4, -0.2) is 42.1 Å². The lowest BCUT2D eigenvalue weighted by Gasteiger charge is -2.15. The van der Waals surface area contributed by atoms with Gasteiger partial charge in [-0.3, -0.25) is 9.59 Å². The largest absolute Gasteiger partial charge is 0.469 e. The summed E-state index contributed by atoms with van der Waals surface area (Å²) in [6.45, 7) is 6.41. The summed E-state index contributed by atoms with van der Waals surface area (Å²) in [6.07, 6.45) is 1.34. The minimum atomic E-state index is -3.51. The van der Waals surface area contributed by atoms with E-state index >= 15 is 0 Å². The first-order valence-electron chi connectivity index (χ1n) is 10.3. The molecule has 174 valence electrons. The lowest BCUT2D eigenvalue weighted by molar-refractivity contribution is 0.0908. The number of carbonyl (C=O) groups excluding carboxylic acids is 2. The summed E-state index contributed by atoms with van der Waals surface area (Å²) < 4.78 is 32.0. The lowest BCUT2D eigenvalue weighted by atomic mass is 10.0. The number of hydrogen-bond donors (Lipinski definition) is 0. The second kappa shape index (κ2) is 9.49. The van der Waals surface area contributed by atoms with Crippen molar-refractivity contribution in [2.24, 2.45) is 7.05 Å². The fourth-order valence-electron chi connectivity index (χ4n) is 3.59. The molecule has 0 atom stereocenters. The van der Waals surface area contributed by atoms with Crippen molar-refractivity contribution in [3.63, 3.8) is 0 Å². The molecule has 1 heterocycles. The van der Waals surface area contributed by atoms with Crippen LogP contribution >= 0.6 is 11.6 Å². The molecule has 0 N–H and O–H groups in total. The molecule has 3 rings (SSSR count). The van der Waals surface area contributed by atoms with Crippen molar-refractivity contribution < 1.29 is 22.7 Å². The predicted octanol–water partition coefficient (Wildman–Crippen LogP) is 4.29. The molecule has 0 saturated heterocycles. The molecule has 0 bridgehead atoms. The van der Waals surface area contributed by atoms with E-state index in [4.69, 9.17) is 16.3 Å². The van der Waals surface area contributed by atoms with E-state index in [9.17, 15) is 18.0 Å². The van der Waals surface area contributed by atoms with Crippen LogP contribution in [0, 0.1) is 20.8 Å². The summed E-state index contributed by atoms with van der Waals surface area (Å²) in [7, 11) is -1.92. The van der Waals surface area contributed by atoms with Crippen molar-refractivity contribution in [3.8, 4) is 5.88 Å². The minimum absolute atomic E-state index is 0.0585. The van der Waals surface area contributed by atoms with Crippen LogP contribution in [0.3, 0.4) is 0 Å². The number of ketones is 2. The lowest BCUT2D eigenvalue weighted by Crippen LogP contribution is -2.16. The Balaban J connectivity index is 1.93. The highest BCUT2D eigenvalue weighted by molar-refractivity contribution is 7.91. The molecule has 2 aromatic carbocycles. The number of carbonyl (C=O) groups is 2. The molecule has 0 aliphatic carbocycles. The normalized spacial score (nSPS) is 11.5. The topological polar surface area (TPSA) is 95.3 Å². The van der Waals surface area contributed by atoms with E-state index < -0.39 is 15.6 Å². The average molecular weight is 489 g/mol. The maximum atomic E-state index is 13.3. The van der Waals surface area contributed by atoms with Gasteiger partial charge < -0.3 is 4.74 Å². The van der Waals surface area contributed by atoms with Crippen molar-refractivity contribution >= 4 is 33.0 Å². The number of rotatable bonds is 8. The number of sulfone groups is 1. The molecule has 9 heteroatoms. The van der Waals surface area contributed by atoms with Crippen LogP contribution in [0.2, 0.25) is 5.02 Å². The molecule has 0 spiro atoms. The Labute approximate surface area is 198 Å². The first kappa shape index (κ1) is 24.7. The minimum Gasteiger partial charge on any atom is -0.469 e. The Morgan fingerprint density at radius 1 is 1.09 bits per heavy atom. The third-order valence-corrected chi connectivity index (χ3v) is 7.90. The van der Waals surface area contributed by atoms with Crippen LogP contribution in [0.15, 0.2) is 41.4 Å². The molecule has 1 aromatic heterocycles. The molecule has 7 nitrogen and oxygen atoms in total. The molecule has 33 heavy (non-hydrogen) atoms. The summed E-state index contributed by atoms with van der Waals surface area (Å²) >= 11 is 6.45. The van der Waals surface area contributed by atoms with Crippen LogP contribution < -0.4 is 4.74 Å². The number of aryl methyl sites for hydroxylation is 3. The van der Waals surface area contributed by atoms with E-state index in [2.05, 4.69) is 5.10 Å². The quantitative estimate of drug-likeness (QED) is 0.439. The predicted molar refractivity (Wildman–Crippen MR) is 126 cm³/mol. The van der Waals surface area contributed by atoms with Gasteiger partial charge in [-0.05, 0) is 38.0 Å². The van der Waals surface area contributed by atoms with E-state index in [1.807, 2.05) is 19.1 Å². The standard InChI is InChI=1S/C24H25ClN2O5S/c1-6-33(30,31)23-15(3)11-18(21(25)16(23)4)22(29)19-12-26-27(5)24(19)32-13-20(28)17-9-7-14(2)8-10-17/h7-12H,6,13H2,1-5H3. The van der Waals surface area contributed by atoms with Crippen LogP contribution in [0.4, 0.5) is 0 Å². The summed E-state index contributed by atoms with van der Waals surface area (Å²) in [4.78, 5) is 26.0. The second-order valence-electron chi connectivity index (χ2n) is 7.81. The third kappa shape index (κ3) is 4.86. The van der Waals surface area contributed by atoms with Gasteiger partial charge in [0.25, 0.3) is 0 Å². The molecule has 3 aromatic rings. The highest BCUT2D eigenvalue weighted by Gasteiger charge is 2.27. The van der Waals surface area contributed by atoms with E-state index in [1.165, 1.54) is 16.9 Å². The van der Waals surface area contributed by atoms with E-state index in [1.54, 1.807) is 40.0 Å².